The van der Waals surface area contributed by atoms with Gasteiger partial charge in [-0.3, -0.25) is 0 Å². The normalized spacial score (nSPS) is 13.0. The molecule has 0 saturated heterocycles. The van der Waals surface area contributed by atoms with Gasteiger partial charge in [0.2, 0.25) is 5.95 Å². The number of hydrogen-bond donors (Lipinski definition) is 1. The molecule has 21 heavy (non-hydrogen) atoms. The fraction of sp³-hybridized carbons (Fsp3) is 0.562. The first-order valence-corrected chi connectivity index (χ1v) is 10.5. The number of benzene rings is 1. The van der Waals surface area contributed by atoms with Crippen LogP contribution in [0.3, 0.4) is 0 Å². The molecule has 0 spiro atoms. The number of rotatable bonds is 5. The number of imidazole rings is 1. The van der Waals surface area contributed by atoms with Crippen LogP contribution in [-0.2, 0) is 11.0 Å². The van der Waals surface area contributed by atoms with E-state index < -0.39 is 8.32 Å². The summed E-state index contributed by atoms with van der Waals surface area (Å²) in [6.07, 6.45) is 0.955. The Labute approximate surface area is 128 Å². The van der Waals surface area contributed by atoms with Gasteiger partial charge in [0.25, 0.3) is 0 Å². The average Bonchev–Trinajstić information content (AvgIpc) is 2.69. The van der Waals surface area contributed by atoms with E-state index in [1.165, 1.54) is 0 Å². The number of fused-ring (bicyclic) bond motifs is 1. The molecule has 0 aliphatic rings. The van der Waals surface area contributed by atoms with Crippen molar-refractivity contribution in [3.8, 4) is 0 Å². The van der Waals surface area contributed by atoms with E-state index >= 15 is 0 Å². The average molecular weight is 305 g/mol. The second kappa shape index (κ2) is 5.81. The molecule has 5 heteroatoms. The lowest BCUT2D eigenvalue weighted by Crippen LogP contribution is -2.41. The summed E-state index contributed by atoms with van der Waals surface area (Å²) >= 11 is 0. The van der Waals surface area contributed by atoms with Crippen molar-refractivity contribution in [2.24, 2.45) is 0 Å². The van der Waals surface area contributed by atoms with Crippen molar-refractivity contribution >= 4 is 25.3 Å². The van der Waals surface area contributed by atoms with E-state index in [0.717, 1.165) is 30.6 Å². The maximum absolute atomic E-state index is 6.21. The number of aromatic nitrogens is 2. The standard InChI is InChI=1S/C16H27N3OSi/c1-16(2,3)21(4,5)20-12-8-11-19-14-10-7-6-9-13(14)18-15(19)17/h6-7,9-10H,8,11-12H2,1-5H3,(H2,17,18). The zero-order chi connectivity index (χ0) is 15.7. The third-order valence-electron chi connectivity index (χ3n) is 4.48. The van der Waals surface area contributed by atoms with Crippen molar-refractivity contribution < 1.29 is 4.43 Å². The molecule has 2 N–H and O–H groups in total. The smallest absolute Gasteiger partial charge is 0.201 e. The lowest BCUT2D eigenvalue weighted by molar-refractivity contribution is 0.276. The van der Waals surface area contributed by atoms with Crippen LogP contribution < -0.4 is 5.73 Å². The summed E-state index contributed by atoms with van der Waals surface area (Å²) < 4.78 is 8.28. The van der Waals surface area contributed by atoms with Crippen LogP contribution in [0.4, 0.5) is 5.95 Å². The first kappa shape index (κ1) is 16.0. The van der Waals surface area contributed by atoms with E-state index in [4.69, 9.17) is 10.2 Å². The molecular weight excluding hydrogens is 278 g/mol. The number of para-hydroxylation sites is 2. The van der Waals surface area contributed by atoms with Gasteiger partial charge in [-0.05, 0) is 36.7 Å². The first-order chi connectivity index (χ1) is 9.72. The number of nitrogens with two attached hydrogens (primary N) is 1. The van der Waals surface area contributed by atoms with Crippen molar-refractivity contribution in [2.75, 3.05) is 12.3 Å². The second-order valence-electron chi connectivity index (χ2n) is 7.07. The van der Waals surface area contributed by atoms with E-state index in [1.54, 1.807) is 0 Å². The van der Waals surface area contributed by atoms with E-state index in [-0.39, 0.29) is 5.04 Å². The van der Waals surface area contributed by atoms with Crippen LogP contribution in [0, 0.1) is 0 Å². The van der Waals surface area contributed by atoms with Crippen molar-refractivity contribution in [2.45, 2.75) is 51.9 Å². The minimum Gasteiger partial charge on any atom is -0.417 e. The molecule has 4 nitrogen and oxygen atoms in total. The molecule has 0 aliphatic carbocycles. The third-order valence-corrected chi connectivity index (χ3v) is 9.02. The number of nitrogen functional groups attached to an aromatic ring is 1. The lowest BCUT2D eigenvalue weighted by Gasteiger charge is -2.36. The summed E-state index contributed by atoms with van der Waals surface area (Å²) in [7, 11) is -1.65. The predicted octanol–water partition coefficient (Wildman–Crippen LogP) is 4.03. The van der Waals surface area contributed by atoms with Crippen LogP contribution in [0.25, 0.3) is 11.0 Å². The molecular formula is C16H27N3OSi. The van der Waals surface area contributed by atoms with Gasteiger partial charge < -0.3 is 14.7 Å². The molecule has 0 bridgehead atoms. The van der Waals surface area contributed by atoms with Crippen LogP contribution in [0.5, 0.6) is 0 Å². The van der Waals surface area contributed by atoms with E-state index in [0.29, 0.717) is 5.95 Å². The SMILES string of the molecule is CC(C)(C)[Si](C)(C)OCCCn1c(N)nc2ccccc21. The van der Waals surface area contributed by atoms with Gasteiger partial charge in [0.05, 0.1) is 11.0 Å². The summed E-state index contributed by atoms with van der Waals surface area (Å²) in [4.78, 5) is 4.39. The Hall–Kier alpha value is -1.33. The Bertz CT molecular complexity index is 613. The fourth-order valence-electron chi connectivity index (χ4n) is 2.10. The summed E-state index contributed by atoms with van der Waals surface area (Å²) in [5.74, 6) is 0.587. The Kier molecular flexibility index (Phi) is 4.44. The quantitative estimate of drug-likeness (QED) is 0.670. The topological polar surface area (TPSA) is 53.1 Å². The Morgan fingerprint density at radius 3 is 2.57 bits per heavy atom. The molecule has 0 fully saturated rings. The molecule has 2 rings (SSSR count). The van der Waals surface area contributed by atoms with Crippen molar-refractivity contribution in [3.05, 3.63) is 24.3 Å². The van der Waals surface area contributed by atoms with Gasteiger partial charge in [0, 0.05) is 13.2 Å². The largest absolute Gasteiger partial charge is 0.417 e. The lowest BCUT2D eigenvalue weighted by atomic mass is 10.2. The number of nitrogens with zero attached hydrogens (tertiary/aromatic N) is 2. The van der Waals surface area contributed by atoms with Crippen molar-refractivity contribution in [3.63, 3.8) is 0 Å². The fourth-order valence-corrected chi connectivity index (χ4v) is 3.18. The molecule has 2 aromatic rings. The van der Waals surface area contributed by atoms with Gasteiger partial charge in [-0.25, -0.2) is 4.98 Å². The molecule has 0 radical (unpaired) electrons. The van der Waals surface area contributed by atoms with Crippen LogP contribution in [0.1, 0.15) is 27.2 Å². The Morgan fingerprint density at radius 2 is 1.90 bits per heavy atom. The summed E-state index contributed by atoms with van der Waals surface area (Å²) in [5, 5.41) is 0.258. The summed E-state index contributed by atoms with van der Waals surface area (Å²) in [5.41, 5.74) is 8.07. The number of hydrogen-bond acceptors (Lipinski definition) is 3. The van der Waals surface area contributed by atoms with Gasteiger partial charge >= 0.3 is 0 Å². The minimum atomic E-state index is -1.65. The van der Waals surface area contributed by atoms with Crippen LogP contribution in [-0.4, -0.2) is 24.5 Å². The third kappa shape index (κ3) is 3.47. The summed E-state index contributed by atoms with van der Waals surface area (Å²) in [6, 6.07) is 8.06. The Balaban J connectivity index is 1.96. The first-order valence-electron chi connectivity index (χ1n) is 7.57. The highest BCUT2D eigenvalue weighted by Gasteiger charge is 2.36. The second-order valence-corrected chi connectivity index (χ2v) is 11.9. The van der Waals surface area contributed by atoms with E-state index in [2.05, 4.69) is 49.5 Å². The van der Waals surface area contributed by atoms with Crippen LogP contribution in [0.15, 0.2) is 24.3 Å². The van der Waals surface area contributed by atoms with E-state index in [1.807, 2.05) is 18.2 Å². The van der Waals surface area contributed by atoms with Gasteiger partial charge in [0.1, 0.15) is 0 Å². The van der Waals surface area contributed by atoms with Gasteiger partial charge in [-0.2, -0.15) is 0 Å². The molecule has 0 saturated carbocycles. The molecule has 116 valence electrons. The van der Waals surface area contributed by atoms with Gasteiger partial charge in [-0.1, -0.05) is 32.9 Å². The number of aryl methyl sites for hydroxylation is 1. The molecule has 1 heterocycles. The maximum Gasteiger partial charge on any atom is 0.201 e. The van der Waals surface area contributed by atoms with Gasteiger partial charge in [0.15, 0.2) is 8.32 Å². The zero-order valence-corrected chi connectivity index (χ0v) is 14.8. The minimum absolute atomic E-state index is 0.258. The van der Waals surface area contributed by atoms with E-state index in [9.17, 15) is 0 Å². The molecule has 0 aliphatic heterocycles. The summed E-state index contributed by atoms with van der Waals surface area (Å²) in [6.45, 7) is 13.0. The van der Waals surface area contributed by atoms with Crippen LogP contribution >= 0.6 is 0 Å². The van der Waals surface area contributed by atoms with Crippen LogP contribution in [0.2, 0.25) is 18.1 Å². The highest BCUT2D eigenvalue weighted by atomic mass is 28.4. The number of anilines is 1. The van der Waals surface area contributed by atoms with Crippen molar-refractivity contribution in [1.29, 1.82) is 0 Å². The van der Waals surface area contributed by atoms with Crippen molar-refractivity contribution in [1.82, 2.24) is 9.55 Å². The zero-order valence-electron chi connectivity index (χ0n) is 13.8. The van der Waals surface area contributed by atoms with Gasteiger partial charge in [-0.15, -0.1) is 0 Å². The molecule has 0 atom stereocenters. The molecule has 1 aromatic carbocycles. The monoisotopic (exact) mass is 305 g/mol. The predicted molar refractivity (Wildman–Crippen MR) is 91.9 cm³/mol. The maximum atomic E-state index is 6.21. The molecule has 1 aromatic heterocycles. The Morgan fingerprint density at radius 1 is 1.24 bits per heavy atom. The molecule has 0 unspecified atom stereocenters. The molecule has 0 amide bonds. The highest BCUT2D eigenvalue weighted by Crippen LogP contribution is 2.36. The highest BCUT2D eigenvalue weighted by molar-refractivity contribution is 6.74.